The van der Waals surface area contributed by atoms with Crippen molar-refractivity contribution in [2.45, 2.75) is 39.2 Å². The monoisotopic (exact) mass is 603 g/mol. The Balaban J connectivity index is 1.89. The van der Waals surface area contributed by atoms with E-state index in [1.54, 1.807) is 12.3 Å². The van der Waals surface area contributed by atoms with E-state index < -0.39 is 19.1 Å². The number of nitrogens with one attached hydrogen (secondary N) is 1. The number of nitrogens with zero attached hydrogens (tertiary/aromatic N) is 2. The minimum Gasteiger partial charge on any atom is -0.493 e. The van der Waals surface area contributed by atoms with Crippen LogP contribution in [-0.4, -0.2) is 54.2 Å². The maximum atomic E-state index is 14.1. The highest BCUT2D eigenvalue weighted by atomic mass is 31.2. The molecule has 0 bridgehead atoms. The molecule has 226 valence electrons. The van der Waals surface area contributed by atoms with E-state index in [1.165, 1.54) is 63.7 Å². The van der Waals surface area contributed by atoms with E-state index in [1.807, 2.05) is 20.8 Å². The molecule has 2 aromatic carbocycles. The predicted molar refractivity (Wildman–Crippen MR) is 153 cm³/mol. The molecular weight excluding hydrogens is 569 g/mol. The van der Waals surface area contributed by atoms with Crippen LogP contribution in [-0.2, 0) is 9.19 Å². The van der Waals surface area contributed by atoms with Gasteiger partial charge in [0, 0.05) is 28.9 Å². The Morgan fingerprint density at radius 1 is 1.02 bits per heavy atom. The van der Waals surface area contributed by atoms with Gasteiger partial charge >= 0.3 is 7.82 Å². The van der Waals surface area contributed by atoms with Crippen molar-refractivity contribution in [2.24, 2.45) is 0 Å². The van der Waals surface area contributed by atoms with Gasteiger partial charge in [-0.2, -0.15) is 10.1 Å². The van der Waals surface area contributed by atoms with E-state index >= 15 is 0 Å². The third-order valence-corrected chi connectivity index (χ3v) is 7.78. The molecule has 0 saturated carbocycles. The van der Waals surface area contributed by atoms with E-state index in [0.29, 0.717) is 18.6 Å². The zero-order chi connectivity index (χ0) is 30.7. The molecule has 4 aromatic rings. The highest BCUT2D eigenvalue weighted by molar-refractivity contribution is 7.47. The zero-order valence-electron chi connectivity index (χ0n) is 24.4. The molecule has 14 heteroatoms. The predicted octanol–water partition coefficient (Wildman–Crippen LogP) is 5.46. The number of aromatic nitrogens is 2. The van der Waals surface area contributed by atoms with Gasteiger partial charge < -0.3 is 27.9 Å². The summed E-state index contributed by atoms with van der Waals surface area (Å²) in [5.41, 5.74) is 2.35. The summed E-state index contributed by atoms with van der Waals surface area (Å²) < 4.78 is 53.1. The first-order chi connectivity index (χ1) is 20.0. The van der Waals surface area contributed by atoms with Crippen molar-refractivity contribution < 1.29 is 46.8 Å². The van der Waals surface area contributed by atoms with Crippen LogP contribution in [0.4, 0.5) is 0 Å². The number of phosphoric ester groups is 1. The Morgan fingerprint density at radius 2 is 1.67 bits per heavy atom. The van der Waals surface area contributed by atoms with Crippen LogP contribution in [0.1, 0.15) is 49.5 Å². The summed E-state index contributed by atoms with van der Waals surface area (Å²) in [4.78, 5) is 28.9. The van der Waals surface area contributed by atoms with E-state index in [0.717, 1.165) is 0 Å². The van der Waals surface area contributed by atoms with Gasteiger partial charge in [0.15, 0.2) is 28.6 Å². The Labute approximate surface area is 242 Å². The molecule has 0 amide bonds. The normalized spacial score (nSPS) is 13.0. The lowest BCUT2D eigenvalue weighted by Crippen LogP contribution is -2.40. The van der Waals surface area contributed by atoms with Gasteiger partial charge in [-0.15, -0.1) is 0 Å². The summed E-state index contributed by atoms with van der Waals surface area (Å²) in [5.74, 6) is 0.322. The van der Waals surface area contributed by atoms with Crippen molar-refractivity contribution in [1.29, 1.82) is 0 Å². The van der Waals surface area contributed by atoms with Crippen LogP contribution in [0, 0.1) is 0 Å². The molecule has 0 spiro atoms. The maximum Gasteiger partial charge on any atom is 0.544 e. The molecule has 0 aliphatic heterocycles. The van der Waals surface area contributed by atoms with Crippen LogP contribution in [0.15, 0.2) is 47.4 Å². The SMILES string of the molecule is CCC(C)(CC)NOP(=O)(O)Oc1c(OC)ccc2c(C(=O)c3cc(OC)c(OC)c(OC)c3)c(-n3ccnc3)oc12. The minimum absolute atomic E-state index is 0.0274. The lowest BCUT2D eigenvalue weighted by Gasteiger charge is -2.28. The molecule has 2 N–H and O–H groups in total. The number of methoxy groups -OCH3 is 4. The van der Waals surface area contributed by atoms with Crippen LogP contribution < -0.4 is 29.0 Å². The van der Waals surface area contributed by atoms with Gasteiger partial charge in [-0.05, 0) is 44.0 Å². The maximum absolute atomic E-state index is 14.1. The summed E-state index contributed by atoms with van der Waals surface area (Å²) in [5, 5.41) is 0.271. The second kappa shape index (κ2) is 12.5. The molecule has 1 atom stereocenters. The fraction of sp³-hybridized carbons (Fsp3) is 0.357. The van der Waals surface area contributed by atoms with Gasteiger partial charge in [-0.1, -0.05) is 13.8 Å². The molecule has 0 radical (unpaired) electrons. The molecular formula is C28H34N3O10P. The smallest absolute Gasteiger partial charge is 0.493 e. The number of hydroxylamine groups is 1. The largest absolute Gasteiger partial charge is 0.544 e. The number of ketones is 1. The van der Waals surface area contributed by atoms with E-state index in [9.17, 15) is 14.3 Å². The Hall–Kier alpha value is -4.03. The lowest BCUT2D eigenvalue weighted by molar-refractivity contribution is 0.0574. The van der Waals surface area contributed by atoms with Crippen LogP contribution in [0.3, 0.4) is 0 Å². The van der Waals surface area contributed by atoms with Gasteiger partial charge in [-0.3, -0.25) is 14.3 Å². The first-order valence-corrected chi connectivity index (χ1v) is 14.5. The van der Waals surface area contributed by atoms with E-state index in [-0.39, 0.29) is 51.0 Å². The summed E-state index contributed by atoms with van der Waals surface area (Å²) in [6.45, 7) is 5.68. The zero-order valence-corrected chi connectivity index (χ0v) is 25.3. The Kier molecular flexibility index (Phi) is 9.17. The third-order valence-electron chi connectivity index (χ3n) is 7.05. The van der Waals surface area contributed by atoms with Crippen molar-refractivity contribution in [3.63, 3.8) is 0 Å². The molecule has 0 fully saturated rings. The van der Waals surface area contributed by atoms with E-state index in [4.69, 9.17) is 32.5 Å². The number of ether oxygens (including phenoxy) is 4. The molecule has 0 aliphatic rings. The lowest BCUT2D eigenvalue weighted by atomic mass is 9.97. The molecule has 0 aliphatic carbocycles. The number of fused-ring (bicyclic) bond motifs is 1. The topological polar surface area (TPSA) is 153 Å². The van der Waals surface area contributed by atoms with Crippen molar-refractivity contribution in [3.8, 4) is 34.6 Å². The fourth-order valence-corrected chi connectivity index (χ4v) is 4.96. The molecule has 4 rings (SSSR count). The fourth-order valence-electron chi connectivity index (χ4n) is 4.19. The molecule has 2 heterocycles. The Morgan fingerprint density at radius 3 is 2.19 bits per heavy atom. The molecule has 1 unspecified atom stereocenters. The number of benzene rings is 2. The molecule has 13 nitrogen and oxygen atoms in total. The van der Waals surface area contributed by atoms with Gasteiger partial charge in [0.2, 0.25) is 17.4 Å². The van der Waals surface area contributed by atoms with Crippen molar-refractivity contribution in [3.05, 3.63) is 54.1 Å². The number of rotatable bonds is 14. The number of hydrogen-bond donors (Lipinski definition) is 2. The highest BCUT2D eigenvalue weighted by Crippen LogP contribution is 2.51. The van der Waals surface area contributed by atoms with Crippen LogP contribution in [0.2, 0.25) is 0 Å². The first-order valence-electron chi connectivity index (χ1n) is 13.0. The average molecular weight is 604 g/mol. The molecule has 2 aromatic heterocycles. The standard InChI is InChI=1S/C28H34N3O10P/c1-8-28(3,9-2)30-41-42(33,34)40-26-19(35-4)11-10-18-22(27(39-24(18)26)31-13-12-29-16-31)23(32)17-14-20(36-5)25(38-7)21(15-17)37-6/h10-16,30H,8-9H2,1-7H3,(H,33,34). The van der Waals surface area contributed by atoms with Gasteiger partial charge in [-0.25, -0.2) is 9.55 Å². The summed E-state index contributed by atoms with van der Waals surface area (Å²) in [6.07, 6.45) is 5.80. The van der Waals surface area contributed by atoms with Crippen molar-refractivity contribution in [1.82, 2.24) is 15.0 Å². The number of hydrogen-bond acceptors (Lipinski definition) is 11. The van der Waals surface area contributed by atoms with Crippen molar-refractivity contribution in [2.75, 3.05) is 28.4 Å². The number of phosphoric acid groups is 1. The summed E-state index contributed by atoms with van der Waals surface area (Å²) in [7, 11) is 0.949. The summed E-state index contributed by atoms with van der Waals surface area (Å²) >= 11 is 0. The van der Waals surface area contributed by atoms with Crippen LogP contribution >= 0.6 is 7.82 Å². The van der Waals surface area contributed by atoms with E-state index in [2.05, 4.69) is 10.5 Å². The van der Waals surface area contributed by atoms with Gasteiger partial charge in [0.05, 0.1) is 34.0 Å². The molecule has 0 saturated heterocycles. The number of furan rings is 1. The number of carbonyl (C=O) groups is 1. The number of carbonyl (C=O) groups excluding carboxylic acids is 1. The second-order valence-electron chi connectivity index (χ2n) is 9.49. The quantitative estimate of drug-likeness (QED) is 0.107. The third kappa shape index (κ3) is 5.95. The second-order valence-corrected chi connectivity index (χ2v) is 10.8. The van der Waals surface area contributed by atoms with Crippen LogP contribution in [0.5, 0.6) is 28.7 Å². The van der Waals surface area contributed by atoms with Crippen molar-refractivity contribution >= 4 is 24.6 Å². The highest BCUT2D eigenvalue weighted by Gasteiger charge is 2.34. The van der Waals surface area contributed by atoms with Crippen LogP contribution in [0.25, 0.3) is 16.9 Å². The van der Waals surface area contributed by atoms with Gasteiger partial charge in [0.1, 0.15) is 6.33 Å². The average Bonchev–Trinajstić information content (AvgIpc) is 3.67. The van der Waals surface area contributed by atoms with Gasteiger partial charge in [0.25, 0.3) is 0 Å². The minimum atomic E-state index is -4.76. The first kappa shape index (κ1) is 30.9. The molecule has 42 heavy (non-hydrogen) atoms. The number of imidazole rings is 1. The Bertz CT molecular complexity index is 1590. The summed E-state index contributed by atoms with van der Waals surface area (Å²) in [6, 6.07) is 6.11.